The summed E-state index contributed by atoms with van der Waals surface area (Å²) in [4.78, 5) is 11.4. The van der Waals surface area contributed by atoms with Crippen LogP contribution >= 0.6 is 0 Å². The molecule has 1 N–H and O–H groups in total. The molecule has 14 heavy (non-hydrogen) atoms. The summed E-state index contributed by atoms with van der Waals surface area (Å²) in [5.41, 5.74) is 0. The van der Waals surface area contributed by atoms with E-state index in [1.54, 1.807) is 6.08 Å². The molecule has 0 heterocycles. The van der Waals surface area contributed by atoms with E-state index in [2.05, 4.69) is 11.9 Å². The molecule has 1 atom stereocenters. The molecule has 4 heteroatoms. The number of halogens is 2. The molecule has 0 radical (unpaired) electrons. The van der Waals surface area contributed by atoms with Crippen molar-refractivity contribution in [2.45, 2.75) is 31.6 Å². The summed E-state index contributed by atoms with van der Waals surface area (Å²) in [6.07, 6.45) is 2.14. The Kier molecular flexibility index (Phi) is 3.61. The van der Waals surface area contributed by atoms with Crippen LogP contribution < -0.4 is 5.32 Å². The van der Waals surface area contributed by atoms with Gasteiger partial charge >= 0.3 is 0 Å². The molecule has 0 bridgehead atoms. The lowest BCUT2D eigenvalue weighted by Gasteiger charge is -2.27. The maximum Gasteiger partial charge on any atom is 0.248 e. The van der Waals surface area contributed by atoms with Crippen molar-refractivity contribution < 1.29 is 13.6 Å². The van der Waals surface area contributed by atoms with E-state index in [0.717, 1.165) is 0 Å². The molecule has 1 saturated carbocycles. The van der Waals surface area contributed by atoms with Crippen LogP contribution in [0.3, 0.4) is 0 Å². The van der Waals surface area contributed by atoms with E-state index < -0.39 is 11.8 Å². The molecule has 1 aliphatic carbocycles. The minimum absolute atomic E-state index is 0.0851. The van der Waals surface area contributed by atoms with Crippen LogP contribution in [0, 0.1) is 5.92 Å². The van der Waals surface area contributed by atoms with Crippen LogP contribution in [0.1, 0.15) is 25.7 Å². The predicted molar refractivity (Wildman–Crippen MR) is 50.1 cm³/mol. The zero-order valence-electron chi connectivity index (χ0n) is 8.06. The number of rotatable bonds is 3. The monoisotopic (exact) mass is 203 g/mol. The fraction of sp³-hybridized carbons (Fsp3) is 0.700. The van der Waals surface area contributed by atoms with E-state index >= 15 is 0 Å². The Morgan fingerprint density at radius 1 is 1.64 bits per heavy atom. The molecule has 1 unspecified atom stereocenters. The second kappa shape index (κ2) is 4.53. The third kappa shape index (κ3) is 3.09. The molecule has 0 aromatic heterocycles. The summed E-state index contributed by atoms with van der Waals surface area (Å²) in [7, 11) is 0. The van der Waals surface area contributed by atoms with Crippen molar-refractivity contribution >= 4 is 5.91 Å². The lowest BCUT2D eigenvalue weighted by atomic mass is 9.86. The molecule has 1 amide bonds. The van der Waals surface area contributed by atoms with Gasteiger partial charge in [0, 0.05) is 25.3 Å². The average Bonchev–Trinajstić information content (AvgIpc) is 2.12. The zero-order chi connectivity index (χ0) is 10.6. The van der Waals surface area contributed by atoms with Gasteiger partial charge < -0.3 is 5.32 Å². The highest BCUT2D eigenvalue weighted by Crippen LogP contribution is 2.36. The van der Waals surface area contributed by atoms with Gasteiger partial charge in [-0.15, -0.1) is 6.58 Å². The van der Waals surface area contributed by atoms with Crippen LogP contribution in [0.15, 0.2) is 12.7 Å². The predicted octanol–water partition coefficient (Wildman–Crippen LogP) is 2.11. The smallest absolute Gasteiger partial charge is 0.248 e. The number of carbonyl (C=O) groups excluding carboxylic acids is 1. The number of amides is 1. The normalized spacial score (nSPS) is 25.4. The van der Waals surface area contributed by atoms with Crippen LogP contribution in [0.4, 0.5) is 8.78 Å². The largest absolute Gasteiger partial charge is 0.352 e. The molecule has 0 spiro atoms. The average molecular weight is 203 g/mol. The zero-order valence-corrected chi connectivity index (χ0v) is 8.06. The molecule has 0 aromatic carbocycles. The minimum Gasteiger partial charge on any atom is -0.352 e. The van der Waals surface area contributed by atoms with Crippen molar-refractivity contribution in [3.63, 3.8) is 0 Å². The van der Waals surface area contributed by atoms with Gasteiger partial charge in [-0.2, -0.15) is 0 Å². The molecular weight excluding hydrogens is 188 g/mol. The van der Waals surface area contributed by atoms with E-state index in [-0.39, 0.29) is 18.7 Å². The quantitative estimate of drug-likeness (QED) is 0.699. The van der Waals surface area contributed by atoms with E-state index in [1.807, 2.05) is 0 Å². The summed E-state index contributed by atoms with van der Waals surface area (Å²) >= 11 is 0. The summed E-state index contributed by atoms with van der Waals surface area (Å²) in [6.45, 7) is 3.79. The van der Waals surface area contributed by atoms with Crippen molar-refractivity contribution in [1.29, 1.82) is 0 Å². The van der Waals surface area contributed by atoms with Gasteiger partial charge in [-0.05, 0) is 12.8 Å². The summed E-state index contributed by atoms with van der Waals surface area (Å²) < 4.78 is 25.9. The summed E-state index contributed by atoms with van der Waals surface area (Å²) in [6, 6.07) is 0. The van der Waals surface area contributed by atoms with E-state index in [9.17, 15) is 13.6 Å². The summed E-state index contributed by atoms with van der Waals surface area (Å²) in [5, 5.41) is 2.55. The topological polar surface area (TPSA) is 29.1 Å². The standard InChI is InChI=1S/C10H15F2NO/c1-2-6-13-9(14)8-4-3-5-10(11,12)7-8/h2,8H,1,3-7H2,(H,13,14). The fourth-order valence-corrected chi connectivity index (χ4v) is 1.71. The maximum atomic E-state index is 12.9. The SMILES string of the molecule is C=CCNC(=O)C1CCCC(F)(F)C1. The van der Waals surface area contributed by atoms with E-state index in [4.69, 9.17) is 0 Å². The number of hydrogen-bond donors (Lipinski definition) is 1. The van der Waals surface area contributed by atoms with Crippen molar-refractivity contribution in [3.8, 4) is 0 Å². The Balaban J connectivity index is 2.43. The first-order valence-electron chi connectivity index (χ1n) is 4.81. The Morgan fingerprint density at radius 3 is 2.93 bits per heavy atom. The third-order valence-electron chi connectivity index (χ3n) is 2.43. The molecule has 0 aliphatic heterocycles. The maximum absolute atomic E-state index is 12.9. The van der Waals surface area contributed by atoms with Gasteiger partial charge in [0.2, 0.25) is 11.8 Å². The lowest BCUT2D eigenvalue weighted by Crippen LogP contribution is -2.37. The van der Waals surface area contributed by atoms with Crippen LogP contribution in [0.2, 0.25) is 0 Å². The second-order valence-corrected chi connectivity index (χ2v) is 3.68. The van der Waals surface area contributed by atoms with Crippen molar-refractivity contribution in [3.05, 3.63) is 12.7 Å². The molecule has 2 nitrogen and oxygen atoms in total. The first kappa shape index (κ1) is 11.1. The molecule has 80 valence electrons. The Bertz CT molecular complexity index is 228. The molecule has 1 rings (SSSR count). The highest BCUT2D eigenvalue weighted by Gasteiger charge is 2.38. The van der Waals surface area contributed by atoms with Gasteiger partial charge in [-0.3, -0.25) is 4.79 Å². The van der Waals surface area contributed by atoms with Gasteiger partial charge in [-0.1, -0.05) is 6.08 Å². The van der Waals surface area contributed by atoms with Crippen LogP contribution in [0.25, 0.3) is 0 Å². The second-order valence-electron chi connectivity index (χ2n) is 3.68. The number of carbonyl (C=O) groups is 1. The van der Waals surface area contributed by atoms with Gasteiger partial charge in [0.15, 0.2) is 0 Å². The van der Waals surface area contributed by atoms with E-state index in [1.165, 1.54) is 0 Å². The van der Waals surface area contributed by atoms with Crippen molar-refractivity contribution in [1.82, 2.24) is 5.32 Å². The first-order valence-corrected chi connectivity index (χ1v) is 4.81. The van der Waals surface area contributed by atoms with Crippen LogP contribution in [0.5, 0.6) is 0 Å². The van der Waals surface area contributed by atoms with Gasteiger partial charge in [-0.25, -0.2) is 8.78 Å². The number of hydrogen-bond acceptors (Lipinski definition) is 1. The molecule has 1 aliphatic rings. The van der Waals surface area contributed by atoms with Gasteiger partial charge in [0.1, 0.15) is 0 Å². The Morgan fingerprint density at radius 2 is 2.36 bits per heavy atom. The first-order chi connectivity index (χ1) is 6.55. The molecule has 1 fully saturated rings. The molecule has 0 saturated heterocycles. The summed E-state index contributed by atoms with van der Waals surface area (Å²) in [5.74, 6) is -3.46. The number of alkyl halides is 2. The van der Waals surface area contributed by atoms with Gasteiger partial charge in [0.25, 0.3) is 0 Å². The van der Waals surface area contributed by atoms with Crippen LogP contribution in [-0.4, -0.2) is 18.4 Å². The van der Waals surface area contributed by atoms with Crippen molar-refractivity contribution in [2.24, 2.45) is 5.92 Å². The molecule has 0 aromatic rings. The minimum atomic E-state index is -2.66. The lowest BCUT2D eigenvalue weighted by molar-refractivity contribution is -0.132. The highest BCUT2D eigenvalue weighted by molar-refractivity contribution is 5.78. The van der Waals surface area contributed by atoms with Gasteiger partial charge in [0.05, 0.1) is 0 Å². The van der Waals surface area contributed by atoms with Crippen LogP contribution in [-0.2, 0) is 4.79 Å². The Labute approximate surface area is 82.4 Å². The van der Waals surface area contributed by atoms with E-state index in [0.29, 0.717) is 19.4 Å². The Hall–Kier alpha value is -0.930. The fourth-order valence-electron chi connectivity index (χ4n) is 1.71. The third-order valence-corrected chi connectivity index (χ3v) is 2.43. The highest BCUT2D eigenvalue weighted by atomic mass is 19.3. The number of nitrogens with one attached hydrogen (secondary N) is 1. The molecular formula is C10H15F2NO. The van der Waals surface area contributed by atoms with Crippen molar-refractivity contribution in [2.75, 3.05) is 6.54 Å².